The maximum absolute atomic E-state index is 13.1. The summed E-state index contributed by atoms with van der Waals surface area (Å²) in [5, 5.41) is 10.1. The number of ether oxygens (including phenoxy) is 5. The van der Waals surface area contributed by atoms with Crippen LogP contribution in [0.25, 0.3) is 0 Å². The molecule has 5 atom stereocenters. The van der Waals surface area contributed by atoms with Gasteiger partial charge < -0.3 is 23.7 Å². The first-order valence-corrected chi connectivity index (χ1v) is 13.3. The molecule has 0 N–H and O–H groups in total. The Labute approximate surface area is 240 Å². The highest BCUT2D eigenvalue weighted by molar-refractivity contribution is 7.99. The van der Waals surface area contributed by atoms with Gasteiger partial charge in [0.15, 0.2) is 29.5 Å². The summed E-state index contributed by atoms with van der Waals surface area (Å²) in [6, 6.07) is 10.6. The quantitative estimate of drug-likeness (QED) is 0.240. The van der Waals surface area contributed by atoms with Gasteiger partial charge in [-0.3, -0.25) is 24.0 Å². The molecule has 0 radical (unpaired) electrons. The van der Waals surface area contributed by atoms with Crippen LogP contribution in [0, 0.1) is 18.3 Å². The molecule has 2 aromatic rings. The Bertz CT molecular complexity index is 1370. The molecule has 0 bridgehead atoms. The summed E-state index contributed by atoms with van der Waals surface area (Å²) in [5.41, 5.74) is -0.0978. The van der Waals surface area contributed by atoms with Crippen LogP contribution >= 0.6 is 11.8 Å². The molecular weight excluding hydrogens is 556 g/mol. The van der Waals surface area contributed by atoms with E-state index >= 15 is 0 Å². The number of esters is 4. The standard InChI is InChI=1S/C28H28N2O10S/c1-14-20(11-29)27(30-12-21(14)23(35)19-9-7-6-8-10-19)41-28-26(39-18(5)34)25(38-17(4)33)24(37-16(3)32)22(40-28)13-36-15(2)31/h6-10,12,22,24-26,28H,13H2,1-5H3/t22-,24+,25+,26-,28+/m1/s1. The van der Waals surface area contributed by atoms with Gasteiger partial charge >= 0.3 is 23.9 Å². The highest BCUT2D eigenvalue weighted by atomic mass is 32.2. The largest absolute Gasteiger partial charge is 0.463 e. The first-order chi connectivity index (χ1) is 19.4. The zero-order valence-electron chi connectivity index (χ0n) is 22.9. The van der Waals surface area contributed by atoms with Gasteiger partial charge in [-0.05, 0) is 12.5 Å². The SMILES string of the molecule is CC(=O)OC[C@H]1O[C@@H](Sc2ncc(C(=O)c3ccccc3)c(C)c2C#N)[C@H](OC(C)=O)[C@@H](OC(C)=O)[C@H]1OC(C)=O. The molecule has 0 amide bonds. The average molecular weight is 585 g/mol. The summed E-state index contributed by atoms with van der Waals surface area (Å²) < 4.78 is 27.5. The fourth-order valence-electron chi connectivity index (χ4n) is 4.17. The van der Waals surface area contributed by atoms with Crippen molar-refractivity contribution < 1.29 is 47.7 Å². The van der Waals surface area contributed by atoms with E-state index in [9.17, 15) is 29.2 Å². The number of carbonyl (C=O) groups is 5. The first kappa shape index (κ1) is 31.3. The van der Waals surface area contributed by atoms with E-state index in [2.05, 4.69) is 11.1 Å². The van der Waals surface area contributed by atoms with Gasteiger partial charge in [-0.25, -0.2) is 4.98 Å². The summed E-state index contributed by atoms with van der Waals surface area (Å²) >= 11 is 0.869. The second kappa shape index (κ2) is 13.9. The Hall–Kier alpha value is -4.28. The fraction of sp³-hybridized carbons (Fsp3) is 0.393. The molecule has 3 rings (SSSR count). The minimum absolute atomic E-state index is 0.0737. The molecule has 1 aliphatic rings. The second-order valence-electron chi connectivity index (χ2n) is 8.97. The van der Waals surface area contributed by atoms with Crippen LogP contribution in [0.15, 0.2) is 41.6 Å². The topological polar surface area (TPSA) is 168 Å². The summed E-state index contributed by atoms with van der Waals surface area (Å²) in [4.78, 5) is 65.0. The molecule has 0 spiro atoms. The Kier molecular flexibility index (Phi) is 10.6. The van der Waals surface area contributed by atoms with Crippen molar-refractivity contribution in [3.8, 4) is 6.07 Å². The zero-order valence-corrected chi connectivity index (χ0v) is 23.8. The third-order valence-corrected chi connectivity index (χ3v) is 7.02. The van der Waals surface area contributed by atoms with Gasteiger partial charge in [0.25, 0.3) is 0 Å². The molecule has 1 saturated heterocycles. The van der Waals surface area contributed by atoms with E-state index in [1.807, 2.05) is 0 Å². The third kappa shape index (κ3) is 7.90. The second-order valence-corrected chi connectivity index (χ2v) is 10.1. The van der Waals surface area contributed by atoms with Crippen molar-refractivity contribution in [3.63, 3.8) is 0 Å². The van der Waals surface area contributed by atoms with Crippen molar-refractivity contribution in [2.45, 2.75) is 69.5 Å². The number of rotatable bonds is 9. The van der Waals surface area contributed by atoms with Gasteiger partial charge in [0.05, 0.1) is 5.56 Å². The number of pyridine rings is 1. The number of hydrogen-bond donors (Lipinski definition) is 0. The fourth-order valence-corrected chi connectivity index (χ4v) is 5.36. The minimum atomic E-state index is -1.36. The Morgan fingerprint density at radius 1 is 0.902 bits per heavy atom. The number of benzene rings is 1. The minimum Gasteiger partial charge on any atom is -0.463 e. The van der Waals surface area contributed by atoms with Crippen molar-refractivity contribution in [1.82, 2.24) is 4.98 Å². The molecule has 1 fully saturated rings. The monoisotopic (exact) mass is 584 g/mol. The van der Waals surface area contributed by atoms with Crippen molar-refractivity contribution in [2.75, 3.05) is 6.61 Å². The van der Waals surface area contributed by atoms with Crippen LogP contribution in [0.2, 0.25) is 0 Å². The molecule has 2 heterocycles. The summed E-state index contributed by atoms with van der Waals surface area (Å²) in [7, 11) is 0. The van der Waals surface area contributed by atoms with E-state index < -0.39 is 60.3 Å². The lowest BCUT2D eigenvalue weighted by atomic mass is 9.98. The van der Waals surface area contributed by atoms with E-state index in [-0.39, 0.29) is 21.9 Å². The number of nitriles is 1. The molecule has 13 heteroatoms. The zero-order chi connectivity index (χ0) is 30.3. The molecule has 0 unspecified atom stereocenters. The Balaban J connectivity index is 2.05. The smallest absolute Gasteiger partial charge is 0.303 e. The number of hydrogen-bond acceptors (Lipinski definition) is 13. The van der Waals surface area contributed by atoms with Crippen LogP contribution in [0.5, 0.6) is 0 Å². The number of nitrogens with zero attached hydrogens (tertiary/aromatic N) is 2. The predicted molar refractivity (Wildman–Crippen MR) is 141 cm³/mol. The van der Waals surface area contributed by atoms with Crippen LogP contribution in [0.3, 0.4) is 0 Å². The van der Waals surface area contributed by atoms with E-state index in [1.165, 1.54) is 13.1 Å². The first-order valence-electron chi connectivity index (χ1n) is 12.4. The molecular formula is C28H28N2O10S. The average Bonchev–Trinajstić information content (AvgIpc) is 2.90. The molecule has 41 heavy (non-hydrogen) atoms. The van der Waals surface area contributed by atoms with Gasteiger partial charge in [-0.15, -0.1) is 0 Å². The summed E-state index contributed by atoms with van der Waals surface area (Å²) in [5.74, 6) is -3.24. The lowest BCUT2D eigenvalue weighted by molar-refractivity contribution is -0.237. The number of aromatic nitrogens is 1. The van der Waals surface area contributed by atoms with Crippen LogP contribution in [-0.2, 0) is 42.9 Å². The lowest BCUT2D eigenvalue weighted by Gasteiger charge is -2.44. The predicted octanol–water partition coefficient (Wildman–Crippen LogP) is 2.67. The highest BCUT2D eigenvalue weighted by Gasteiger charge is 2.52. The number of ketones is 1. The maximum Gasteiger partial charge on any atom is 0.303 e. The van der Waals surface area contributed by atoms with Gasteiger partial charge in [0.1, 0.15) is 23.8 Å². The molecule has 1 aromatic carbocycles. The summed E-state index contributed by atoms with van der Waals surface area (Å²) in [6.45, 7) is 5.76. The van der Waals surface area contributed by atoms with Gasteiger partial charge in [0, 0.05) is 45.0 Å². The molecule has 0 aliphatic carbocycles. The molecule has 216 valence electrons. The maximum atomic E-state index is 13.1. The van der Waals surface area contributed by atoms with Crippen LogP contribution in [0.1, 0.15) is 54.7 Å². The van der Waals surface area contributed by atoms with E-state index in [0.29, 0.717) is 11.1 Å². The molecule has 1 aromatic heterocycles. The van der Waals surface area contributed by atoms with Crippen molar-refractivity contribution >= 4 is 41.4 Å². The van der Waals surface area contributed by atoms with Crippen LogP contribution in [-0.4, -0.2) is 71.1 Å². The highest BCUT2D eigenvalue weighted by Crippen LogP contribution is 2.39. The Morgan fingerprint density at radius 2 is 1.49 bits per heavy atom. The van der Waals surface area contributed by atoms with Gasteiger partial charge in [-0.1, -0.05) is 42.1 Å². The van der Waals surface area contributed by atoms with E-state index in [0.717, 1.165) is 32.5 Å². The third-order valence-electron chi connectivity index (χ3n) is 5.87. The Morgan fingerprint density at radius 3 is 2.05 bits per heavy atom. The van der Waals surface area contributed by atoms with Crippen LogP contribution in [0.4, 0.5) is 0 Å². The number of carbonyl (C=O) groups excluding carboxylic acids is 5. The van der Waals surface area contributed by atoms with E-state index in [4.69, 9.17) is 23.7 Å². The van der Waals surface area contributed by atoms with E-state index in [1.54, 1.807) is 37.3 Å². The number of thioether (sulfide) groups is 1. The van der Waals surface area contributed by atoms with Crippen LogP contribution < -0.4 is 0 Å². The molecule has 1 aliphatic heterocycles. The molecule has 12 nitrogen and oxygen atoms in total. The van der Waals surface area contributed by atoms with Crippen molar-refractivity contribution in [1.29, 1.82) is 5.26 Å². The van der Waals surface area contributed by atoms with Crippen molar-refractivity contribution in [2.24, 2.45) is 0 Å². The molecule has 0 saturated carbocycles. The normalized spacial score (nSPS) is 21.6. The lowest BCUT2D eigenvalue weighted by Crippen LogP contribution is -2.61. The van der Waals surface area contributed by atoms with Crippen molar-refractivity contribution in [3.05, 3.63) is 58.8 Å². The van der Waals surface area contributed by atoms with Gasteiger partial charge in [0.2, 0.25) is 0 Å². The summed E-state index contributed by atoms with van der Waals surface area (Å²) in [6.07, 6.45) is -3.83. The van der Waals surface area contributed by atoms with Gasteiger partial charge in [-0.2, -0.15) is 5.26 Å².